The van der Waals surface area contributed by atoms with Crippen molar-refractivity contribution >= 4 is 5.95 Å². The van der Waals surface area contributed by atoms with Crippen LogP contribution in [0.5, 0.6) is 0 Å². The fourth-order valence-electron chi connectivity index (χ4n) is 1.40. The summed E-state index contributed by atoms with van der Waals surface area (Å²) in [5.74, 6) is 0.530. The van der Waals surface area contributed by atoms with E-state index in [0.717, 1.165) is 11.3 Å². The van der Waals surface area contributed by atoms with Gasteiger partial charge in [0.15, 0.2) is 0 Å². The summed E-state index contributed by atoms with van der Waals surface area (Å²) in [6.45, 7) is 2.18. The van der Waals surface area contributed by atoms with Gasteiger partial charge < -0.3 is 5.32 Å². The number of hydrogen-bond donors (Lipinski definition) is 1. The second-order valence-electron chi connectivity index (χ2n) is 3.65. The lowest BCUT2D eigenvalue weighted by atomic mass is 10.3. The fourth-order valence-corrected chi connectivity index (χ4v) is 1.40. The van der Waals surface area contributed by atoms with Crippen LogP contribution in [0.2, 0.25) is 0 Å². The number of aryl methyl sites for hydroxylation is 1. The summed E-state index contributed by atoms with van der Waals surface area (Å²) < 4.78 is 1.37. The van der Waals surface area contributed by atoms with Crippen molar-refractivity contribution in [3.63, 3.8) is 0 Å². The maximum Gasteiger partial charge on any atom is 0.267 e. The zero-order valence-electron chi connectivity index (χ0n) is 9.71. The lowest BCUT2D eigenvalue weighted by molar-refractivity contribution is 0.624. The van der Waals surface area contributed by atoms with Crippen molar-refractivity contribution in [2.45, 2.75) is 13.5 Å². The molecule has 0 bridgehead atoms. The van der Waals surface area contributed by atoms with Crippen LogP contribution in [0.15, 0.2) is 29.3 Å². The van der Waals surface area contributed by atoms with E-state index in [1.807, 2.05) is 6.92 Å². The number of aromatic nitrogens is 4. The predicted octanol–water partition coefficient (Wildman–Crippen LogP) is 0.432. The third-order valence-electron chi connectivity index (χ3n) is 2.25. The Hall–Kier alpha value is -2.24. The van der Waals surface area contributed by atoms with Crippen LogP contribution in [0.25, 0.3) is 0 Å². The standard InChI is InChI=1S/C11H13N5O/c1-8-5-10(17)16(14-6-8)7-9-3-4-13-11(12-2)15-9/h3-6H,7H2,1-2H3,(H,12,13,15). The lowest BCUT2D eigenvalue weighted by Gasteiger charge is -2.05. The Bertz CT molecular complexity index is 578. The third kappa shape index (κ3) is 2.66. The van der Waals surface area contributed by atoms with Gasteiger partial charge in [-0.3, -0.25) is 4.79 Å². The minimum atomic E-state index is -0.130. The first-order chi connectivity index (χ1) is 8.19. The largest absolute Gasteiger partial charge is 0.357 e. The highest BCUT2D eigenvalue weighted by molar-refractivity contribution is 5.23. The van der Waals surface area contributed by atoms with Gasteiger partial charge in [0.25, 0.3) is 5.56 Å². The lowest BCUT2D eigenvalue weighted by Crippen LogP contribution is -2.23. The molecule has 1 N–H and O–H groups in total. The van der Waals surface area contributed by atoms with E-state index >= 15 is 0 Å². The van der Waals surface area contributed by atoms with Gasteiger partial charge in [0.2, 0.25) is 5.95 Å². The number of nitrogens with zero attached hydrogens (tertiary/aromatic N) is 4. The van der Waals surface area contributed by atoms with Crippen molar-refractivity contribution in [2.75, 3.05) is 12.4 Å². The monoisotopic (exact) mass is 231 g/mol. The molecule has 0 aliphatic carbocycles. The highest BCUT2D eigenvalue weighted by atomic mass is 16.1. The molecular formula is C11H13N5O. The summed E-state index contributed by atoms with van der Waals surface area (Å²) >= 11 is 0. The van der Waals surface area contributed by atoms with E-state index in [1.54, 1.807) is 31.6 Å². The van der Waals surface area contributed by atoms with Crippen molar-refractivity contribution in [3.05, 3.63) is 46.1 Å². The van der Waals surface area contributed by atoms with Crippen LogP contribution in [0.1, 0.15) is 11.3 Å². The minimum Gasteiger partial charge on any atom is -0.357 e. The van der Waals surface area contributed by atoms with Crippen molar-refractivity contribution < 1.29 is 0 Å². The normalized spacial score (nSPS) is 10.2. The van der Waals surface area contributed by atoms with Crippen molar-refractivity contribution in [1.82, 2.24) is 19.7 Å². The zero-order chi connectivity index (χ0) is 12.3. The second kappa shape index (κ2) is 4.73. The van der Waals surface area contributed by atoms with Crippen molar-refractivity contribution in [3.8, 4) is 0 Å². The molecule has 6 nitrogen and oxygen atoms in total. The molecule has 0 spiro atoms. The van der Waals surface area contributed by atoms with Crippen molar-refractivity contribution in [2.24, 2.45) is 0 Å². The fraction of sp³-hybridized carbons (Fsp3) is 0.273. The van der Waals surface area contributed by atoms with Crippen LogP contribution < -0.4 is 10.9 Å². The number of hydrogen-bond acceptors (Lipinski definition) is 5. The molecule has 0 aromatic carbocycles. The Morgan fingerprint density at radius 1 is 1.47 bits per heavy atom. The summed E-state index contributed by atoms with van der Waals surface area (Å²) in [6, 6.07) is 3.31. The highest BCUT2D eigenvalue weighted by Crippen LogP contribution is 2.00. The van der Waals surface area contributed by atoms with E-state index < -0.39 is 0 Å². The van der Waals surface area contributed by atoms with Gasteiger partial charge in [-0.25, -0.2) is 14.6 Å². The first-order valence-electron chi connectivity index (χ1n) is 5.22. The number of rotatable bonds is 3. The molecule has 2 aromatic rings. The summed E-state index contributed by atoms with van der Waals surface area (Å²) in [5.41, 5.74) is 1.46. The minimum absolute atomic E-state index is 0.130. The van der Waals surface area contributed by atoms with Crippen LogP contribution in [0.4, 0.5) is 5.95 Å². The smallest absolute Gasteiger partial charge is 0.267 e. The predicted molar refractivity (Wildman–Crippen MR) is 63.9 cm³/mol. The topological polar surface area (TPSA) is 72.7 Å². The zero-order valence-corrected chi connectivity index (χ0v) is 9.71. The number of nitrogens with one attached hydrogen (secondary N) is 1. The van der Waals surface area contributed by atoms with E-state index in [4.69, 9.17) is 0 Å². The van der Waals surface area contributed by atoms with E-state index in [0.29, 0.717) is 12.5 Å². The SMILES string of the molecule is CNc1nccc(Cn2ncc(C)cc2=O)n1. The molecule has 0 saturated heterocycles. The molecular weight excluding hydrogens is 218 g/mol. The van der Waals surface area contributed by atoms with Crippen LogP contribution in [-0.2, 0) is 6.54 Å². The Morgan fingerprint density at radius 2 is 2.29 bits per heavy atom. The first kappa shape index (κ1) is 11.3. The molecule has 0 atom stereocenters. The van der Waals surface area contributed by atoms with Crippen LogP contribution >= 0.6 is 0 Å². The first-order valence-corrected chi connectivity index (χ1v) is 5.22. The third-order valence-corrected chi connectivity index (χ3v) is 2.25. The van der Waals surface area contributed by atoms with Gasteiger partial charge in [0.05, 0.1) is 18.4 Å². The molecule has 0 amide bonds. The quantitative estimate of drug-likeness (QED) is 0.829. The summed E-state index contributed by atoms with van der Waals surface area (Å²) in [5, 5.41) is 6.90. The van der Waals surface area contributed by atoms with Gasteiger partial charge in [0, 0.05) is 19.3 Å². The second-order valence-corrected chi connectivity index (χ2v) is 3.65. The number of anilines is 1. The molecule has 0 saturated carbocycles. The van der Waals surface area contributed by atoms with Gasteiger partial charge in [0.1, 0.15) is 0 Å². The van der Waals surface area contributed by atoms with Gasteiger partial charge in [-0.1, -0.05) is 0 Å². The van der Waals surface area contributed by atoms with E-state index in [1.165, 1.54) is 4.68 Å². The molecule has 0 unspecified atom stereocenters. The van der Waals surface area contributed by atoms with Crippen molar-refractivity contribution in [1.29, 1.82) is 0 Å². The Labute approximate surface area is 98.4 Å². The van der Waals surface area contributed by atoms with Gasteiger partial charge in [-0.2, -0.15) is 5.10 Å². The van der Waals surface area contributed by atoms with Crippen LogP contribution in [-0.4, -0.2) is 26.8 Å². The van der Waals surface area contributed by atoms with E-state index in [-0.39, 0.29) is 5.56 Å². The molecule has 2 rings (SSSR count). The van der Waals surface area contributed by atoms with Gasteiger partial charge >= 0.3 is 0 Å². The van der Waals surface area contributed by atoms with E-state index in [9.17, 15) is 4.79 Å². The van der Waals surface area contributed by atoms with Crippen LogP contribution in [0.3, 0.4) is 0 Å². The summed E-state index contributed by atoms with van der Waals surface area (Å²) in [6.07, 6.45) is 3.30. The Balaban J connectivity index is 2.28. The average Bonchev–Trinajstić information content (AvgIpc) is 2.33. The van der Waals surface area contributed by atoms with Gasteiger partial charge in [-0.05, 0) is 18.6 Å². The molecule has 0 radical (unpaired) electrons. The molecule has 88 valence electrons. The molecule has 0 fully saturated rings. The maximum absolute atomic E-state index is 11.6. The average molecular weight is 231 g/mol. The molecule has 0 aliphatic heterocycles. The molecule has 6 heteroatoms. The van der Waals surface area contributed by atoms with E-state index in [2.05, 4.69) is 20.4 Å². The Kier molecular flexibility index (Phi) is 3.13. The summed E-state index contributed by atoms with van der Waals surface area (Å²) in [7, 11) is 1.75. The summed E-state index contributed by atoms with van der Waals surface area (Å²) in [4.78, 5) is 19.9. The molecule has 17 heavy (non-hydrogen) atoms. The highest BCUT2D eigenvalue weighted by Gasteiger charge is 2.02. The van der Waals surface area contributed by atoms with Crippen LogP contribution in [0, 0.1) is 6.92 Å². The molecule has 2 heterocycles. The van der Waals surface area contributed by atoms with Gasteiger partial charge in [-0.15, -0.1) is 0 Å². The Morgan fingerprint density at radius 3 is 3.00 bits per heavy atom. The molecule has 0 aliphatic rings. The maximum atomic E-state index is 11.6. The molecule has 2 aromatic heterocycles.